The molecule has 1 aliphatic heterocycles. The Hall–Kier alpha value is -1.55. The molecule has 0 unspecified atom stereocenters. The molecule has 2 heterocycles. The Labute approximate surface area is 106 Å². The molecule has 18 heavy (non-hydrogen) atoms. The van der Waals surface area contributed by atoms with Crippen molar-refractivity contribution in [2.24, 2.45) is 0 Å². The highest BCUT2D eigenvalue weighted by atomic mass is 16.3. The van der Waals surface area contributed by atoms with Crippen molar-refractivity contribution in [1.82, 2.24) is 10.2 Å². The Morgan fingerprint density at radius 2 is 2.11 bits per heavy atom. The van der Waals surface area contributed by atoms with Gasteiger partial charge in [-0.25, -0.2) is 0 Å². The van der Waals surface area contributed by atoms with Gasteiger partial charge in [0.1, 0.15) is 0 Å². The minimum absolute atomic E-state index is 0.141. The number of H-pyrrole nitrogens is 1. The van der Waals surface area contributed by atoms with E-state index in [1.165, 1.54) is 5.22 Å². The fourth-order valence-electron chi connectivity index (χ4n) is 2.58. The van der Waals surface area contributed by atoms with Crippen LogP contribution in [0.5, 0.6) is 0 Å². The van der Waals surface area contributed by atoms with E-state index in [2.05, 4.69) is 39.4 Å². The van der Waals surface area contributed by atoms with E-state index in [1.54, 1.807) is 0 Å². The SMILES string of the molecule is OC1CCN(c2n[nH]c3/c2=C\C=C/CC\C=3)CC1. The second kappa shape index (κ2) is 4.98. The quantitative estimate of drug-likeness (QED) is 0.747. The molecule has 3 rings (SSSR count). The first-order valence-corrected chi connectivity index (χ1v) is 6.69. The summed E-state index contributed by atoms with van der Waals surface area (Å²) < 4.78 is 0. The lowest BCUT2D eigenvalue weighted by Gasteiger charge is -2.29. The minimum Gasteiger partial charge on any atom is -0.393 e. The molecule has 1 aromatic rings. The van der Waals surface area contributed by atoms with Crippen LogP contribution in [0.15, 0.2) is 12.2 Å². The van der Waals surface area contributed by atoms with Crippen molar-refractivity contribution >= 4 is 18.0 Å². The van der Waals surface area contributed by atoms with Gasteiger partial charge >= 0.3 is 0 Å². The van der Waals surface area contributed by atoms with Gasteiger partial charge < -0.3 is 10.0 Å². The average molecular weight is 245 g/mol. The summed E-state index contributed by atoms with van der Waals surface area (Å²) in [6, 6.07) is 0. The molecule has 4 nitrogen and oxygen atoms in total. The van der Waals surface area contributed by atoms with Crippen molar-refractivity contribution in [3.8, 4) is 0 Å². The maximum Gasteiger partial charge on any atom is 0.158 e. The second-order valence-electron chi connectivity index (χ2n) is 4.97. The van der Waals surface area contributed by atoms with E-state index in [9.17, 15) is 5.11 Å². The number of aliphatic hydroxyl groups is 1. The summed E-state index contributed by atoms with van der Waals surface area (Å²) in [5.74, 6) is 1.03. The number of nitrogens with one attached hydrogen (secondary N) is 1. The van der Waals surface area contributed by atoms with E-state index in [-0.39, 0.29) is 6.10 Å². The fourth-order valence-corrected chi connectivity index (χ4v) is 2.58. The molecule has 2 aliphatic rings. The van der Waals surface area contributed by atoms with Gasteiger partial charge in [-0.1, -0.05) is 18.2 Å². The van der Waals surface area contributed by atoms with Crippen LogP contribution in [-0.4, -0.2) is 34.5 Å². The Balaban J connectivity index is 1.97. The highest BCUT2D eigenvalue weighted by molar-refractivity contribution is 5.51. The van der Waals surface area contributed by atoms with Crippen molar-refractivity contribution in [3.63, 3.8) is 0 Å². The topological polar surface area (TPSA) is 52.1 Å². The van der Waals surface area contributed by atoms with Crippen LogP contribution in [0.3, 0.4) is 0 Å². The van der Waals surface area contributed by atoms with Gasteiger partial charge in [-0.15, -0.1) is 0 Å². The third-order valence-corrected chi connectivity index (χ3v) is 3.66. The van der Waals surface area contributed by atoms with E-state index in [0.717, 1.165) is 49.9 Å². The van der Waals surface area contributed by atoms with E-state index in [0.29, 0.717) is 0 Å². The van der Waals surface area contributed by atoms with E-state index in [1.807, 2.05) is 0 Å². The molecular weight excluding hydrogens is 226 g/mol. The van der Waals surface area contributed by atoms with Crippen LogP contribution < -0.4 is 15.5 Å². The standard InChI is InChI=1S/C14H19N3O/c18-11-7-9-17(10-8-11)14-12-5-3-1-2-4-6-13(12)15-16-14/h1,3,5-6,11,15,18H,2,4,7-10H2/b3-1-,12-5+,13-6+. The number of anilines is 1. The zero-order valence-corrected chi connectivity index (χ0v) is 10.5. The number of piperidine rings is 1. The third kappa shape index (κ3) is 2.20. The lowest BCUT2D eigenvalue weighted by Crippen LogP contribution is -2.39. The molecule has 0 bridgehead atoms. The molecule has 1 saturated heterocycles. The third-order valence-electron chi connectivity index (χ3n) is 3.66. The Morgan fingerprint density at radius 1 is 1.28 bits per heavy atom. The van der Waals surface area contributed by atoms with Crippen molar-refractivity contribution in [2.45, 2.75) is 31.8 Å². The van der Waals surface area contributed by atoms with Crippen molar-refractivity contribution < 1.29 is 5.11 Å². The maximum absolute atomic E-state index is 9.57. The normalized spacial score (nSPS) is 26.2. The van der Waals surface area contributed by atoms with Crippen LogP contribution >= 0.6 is 0 Å². The molecule has 0 amide bonds. The predicted molar refractivity (Wildman–Crippen MR) is 72.6 cm³/mol. The van der Waals surface area contributed by atoms with Crippen LogP contribution in [-0.2, 0) is 0 Å². The first kappa shape index (κ1) is 11.5. The van der Waals surface area contributed by atoms with Gasteiger partial charge in [0, 0.05) is 18.3 Å². The summed E-state index contributed by atoms with van der Waals surface area (Å²) in [6.45, 7) is 1.77. The number of aliphatic hydroxyl groups excluding tert-OH is 1. The number of allylic oxidation sites excluding steroid dienone is 2. The van der Waals surface area contributed by atoms with Crippen molar-refractivity contribution in [1.29, 1.82) is 0 Å². The molecule has 96 valence electrons. The van der Waals surface area contributed by atoms with Gasteiger partial charge in [-0.3, -0.25) is 5.10 Å². The monoisotopic (exact) mass is 245 g/mol. The van der Waals surface area contributed by atoms with Gasteiger partial charge in [0.05, 0.1) is 11.5 Å². The molecule has 0 atom stereocenters. The molecule has 1 fully saturated rings. The maximum atomic E-state index is 9.57. The molecule has 1 aromatic heterocycles. The number of aromatic nitrogens is 2. The number of fused-ring (bicyclic) bond motifs is 1. The second-order valence-corrected chi connectivity index (χ2v) is 4.97. The molecule has 0 saturated carbocycles. The van der Waals surface area contributed by atoms with Crippen LogP contribution in [0.1, 0.15) is 25.7 Å². The van der Waals surface area contributed by atoms with E-state index < -0.39 is 0 Å². The molecule has 0 spiro atoms. The summed E-state index contributed by atoms with van der Waals surface area (Å²) in [4.78, 5) is 2.27. The number of aromatic amines is 1. The molecular formula is C14H19N3O. The molecule has 4 heteroatoms. The summed E-state index contributed by atoms with van der Waals surface area (Å²) in [5.41, 5.74) is 0. The number of hydrogen-bond acceptors (Lipinski definition) is 3. The van der Waals surface area contributed by atoms with Gasteiger partial charge in [0.15, 0.2) is 5.82 Å². The Morgan fingerprint density at radius 3 is 2.94 bits per heavy atom. The smallest absolute Gasteiger partial charge is 0.158 e. The molecule has 0 radical (unpaired) electrons. The zero-order valence-electron chi connectivity index (χ0n) is 10.5. The fraction of sp³-hybridized carbons (Fsp3) is 0.500. The van der Waals surface area contributed by atoms with Gasteiger partial charge in [-0.05, 0) is 31.8 Å². The highest BCUT2D eigenvalue weighted by Crippen LogP contribution is 2.13. The highest BCUT2D eigenvalue weighted by Gasteiger charge is 2.19. The predicted octanol–water partition coefficient (Wildman–Crippen LogP) is 0.282. The number of nitrogens with zero attached hydrogens (tertiary/aromatic N) is 2. The van der Waals surface area contributed by atoms with Gasteiger partial charge in [0.2, 0.25) is 0 Å². The van der Waals surface area contributed by atoms with Gasteiger partial charge in [-0.2, -0.15) is 5.10 Å². The molecule has 0 aromatic carbocycles. The Bertz CT molecular complexity index is 550. The average Bonchev–Trinajstić information content (AvgIpc) is 2.72. The summed E-state index contributed by atoms with van der Waals surface area (Å²) in [7, 11) is 0. The first-order chi connectivity index (χ1) is 8.84. The zero-order chi connectivity index (χ0) is 12.4. The van der Waals surface area contributed by atoms with Crippen molar-refractivity contribution in [3.05, 3.63) is 22.7 Å². The summed E-state index contributed by atoms with van der Waals surface area (Å²) in [6.07, 6.45) is 12.3. The van der Waals surface area contributed by atoms with E-state index in [4.69, 9.17) is 0 Å². The van der Waals surface area contributed by atoms with Crippen molar-refractivity contribution in [2.75, 3.05) is 18.0 Å². The van der Waals surface area contributed by atoms with Gasteiger partial charge in [0.25, 0.3) is 0 Å². The van der Waals surface area contributed by atoms with E-state index >= 15 is 0 Å². The molecule has 1 aliphatic carbocycles. The first-order valence-electron chi connectivity index (χ1n) is 6.69. The van der Waals surface area contributed by atoms with Crippen LogP contribution in [0.25, 0.3) is 12.2 Å². The van der Waals surface area contributed by atoms with Crippen LogP contribution in [0.4, 0.5) is 5.82 Å². The number of rotatable bonds is 1. The minimum atomic E-state index is -0.141. The lowest BCUT2D eigenvalue weighted by molar-refractivity contribution is 0.145. The summed E-state index contributed by atoms with van der Waals surface area (Å²) in [5, 5.41) is 19.5. The van der Waals surface area contributed by atoms with Crippen LogP contribution in [0, 0.1) is 0 Å². The number of hydrogen-bond donors (Lipinski definition) is 2. The largest absolute Gasteiger partial charge is 0.393 e. The molecule has 2 N–H and O–H groups in total. The Kier molecular flexibility index (Phi) is 3.19. The summed E-state index contributed by atoms with van der Waals surface area (Å²) >= 11 is 0. The van der Waals surface area contributed by atoms with Crippen LogP contribution in [0.2, 0.25) is 0 Å². The lowest BCUT2D eigenvalue weighted by atomic mass is 10.1.